The highest BCUT2D eigenvalue weighted by Crippen LogP contribution is 2.30. The zero-order chi connectivity index (χ0) is 11.7. The molecule has 0 aromatic heterocycles. The monoisotopic (exact) mass is 281 g/mol. The maximum absolute atomic E-state index is 11.6. The first kappa shape index (κ1) is 10.9. The van der Waals surface area contributed by atoms with Crippen molar-refractivity contribution < 1.29 is 14.3 Å². The van der Waals surface area contributed by atoms with Crippen LogP contribution in [0.15, 0.2) is 28.9 Å². The number of carbonyl (C=O) groups is 2. The van der Waals surface area contributed by atoms with Gasteiger partial charge in [-0.1, -0.05) is 22.0 Å². The molecule has 1 aromatic rings. The molecule has 0 saturated carbocycles. The lowest BCUT2D eigenvalue weighted by atomic mass is 9.96. The molecule has 0 aliphatic carbocycles. The Morgan fingerprint density at radius 3 is 2.75 bits per heavy atom. The molecule has 0 radical (unpaired) electrons. The summed E-state index contributed by atoms with van der Waals surface area (Å²) in [6.07, 6.45) is 1.32. The van der Waals surface area contributed by atoms with Gasteiger partial charge in [-0.25, -0.2) is 0 Å². The molecule has 5 heteroatoms. The Labute approximate surface area is 100 Å². The van der Waals surface area contributed by atoms with E-state index in [1.807, 2.05) is 0 Å². The molecular formula is C11H8BrNO3. The van der Waals surface area contributed by atoms with E-state index in [-0.39, 0.29) is 0 Å². The van der Waals surface area contributed by atoms with E-state index in [0.29, 0.717) is 21.2 Å². The minimum atomic E-state index is -0.453. The first-order chi connectivity index (χ1) is 7.65. The zero-order valence-corrected chi connectivity index (χ0v) is 10.00. The Kier molecular flexibility index (Phi) is 2.78. The van der Waals surface area contributed by atoms with Crippen molar-refractivity contribution in [1.82, 2.24) is 5.32 Å². The van der Waals surface area contributed by atoms with Crippen LogP contribution in [0.1, 0.15) is 15.9 Å². The maximum Gasteiger partial charge on any atom is 0.261 e. The average Bonchev–Trinajstić information content (AvgIpc) is 2.24. The Hall–Kier alpha value is -1.62. The van der Waals surface area contributed by atoms with E-state index in [9.17, 15) is 9.59 Å². The van der Waals surface area contributed by atoms with E-state index >= 15 is 0 Å². The standard InChI is InChI=1S/C11H8BrNO3/c1-16-5-7-9-6(3-2-4-8(9)12)10(14)13-11(7)15/h2-5H,1H3,(H,13,14,15)/b7-5+. The number of halogens is 1. The number of hydrogen-bond donors (Lipinski definition) is 1. The van der Waals surface area contributed by atoms with Gasteiger partial charge in [-0.05, 0) is 12.1 Å². The summed E-state index contributed by atoms with van der Waals surface area (Å²) in [6.45, 7) is 0. The second-order valence-electron chi connectivity index (χ2n) is 3.21. The number of imide groups is 1. The second kappa shape index (κ2) is 4.09. The molecule has 1 N–H and O–H groups in total. The van der Waals surface area contributed by atoms with E-state index in [1.165, 1.54) is 13.4 Å². The zero-order valence-electron chi connectivity index (χ0n) is 8.41. The molecule has 2 amide bonds. The van der Waals surface area contributed by atoms with Crippen molar-refractivity contribution in [3.63, 3.8) is 0 Å². The lowest BCUT2D eigenvalue weighted by Gasteiger charge is -2.18. The van der Waals surface area contributed by atoms with Crippen molar-refractivity contribution in [3.05, 3.63) is 40.1 Å². The molecule has 2 rings (SSSR count). The highest BCUT2D eigenvalue weighted by Gasteiger charge is 2.29. The molecule has 0 unspecified atom stereocenters. The Morgan fingerprint density at radius 1 is 1.31 bits per heavy atom. The van der Waals surface area contributed by atoms with Gasteiger partial charge in [0.1, 0.15) is 0 Å². The average molecular weight is 282 g/mol. The first-order valence-corrected chi connectivity index (χ1v) is 5.32. The van der Waals surface area contributed by atoms with Crippen LogP contribution in [0.4, 0.5) is 0 Å². The number of amides is 2. The van der Waals surface area contributed by atoms with Crippen LogP contribution in [0.2, 0.25) is 0 Å². The van der Waals surface area contributed by atoms with E-state index in [4.69, 9.17) is 4.74 Å². The third-order valence-electron chi connectivity index (χ3n) is 2.23. The van der Waals surface area contributed by atoms with Crippen LogP contribution in [-0.2, 0) is 9.53 Å². The summed E-state index contributed by atoms with van der Waals surface area (Å²) in [5.41, 5.74) is 1.36. The van der Waals surface area contributed by atoms with Gasteiger partial charge in [-0.15, -0.1) is 0 Å². The van der Waals surface area contributed by atoms with Gasteiger partial charge < -0.3 is 4.74 Å². The lowest BCUT2D eigenvalue weighted by molar-refractivity contribution is -0.114. The topological polar surface area (TPSA) is 55.4 Å². The summed E-state index contributed by atoms with van der Waals surface area (Å²) >= 11 is 3.32. The fourth-order valence-electron chi connectivity index (χ4n) is 1.57. The number of rotatable bonds is 1. The van der Waals surface area contributed by atoms with Crippen LogP contribution >= 0.6 is 15.9 Å². The van der Waals surface area contributed by atoms with Crippen molar-refractivity contribution in [1.29, 1.82) is 0 Å². The van der Waals surface area contributed by atoms with Gasteiger partial charge in [0, 0.05) is 15.6 Å². The molecule has 1 aromatic carbocycles. The summed E-state index contributed by atoms with van der Waals surface area (Å²) < 4.78 is 5.54. The number of nitrogens with one attached hydrogen (secondary N) is 1. The molecule has 0 fully saturated rings. The number of benzene rings is 1. The van der Waals surface area contributed by atoms with Crippen LogP contribution in [0.25, 0.3) is 5.57 Å². The molecule has 82 valence electrons. The molecular weight excluding hydrogens is 274 g/mol. The fraction of sp³-hybridized carbons (Fsp3) is 0.0909. The lowest BCUT2D eigenvalue weighted by Crippen LogP contribution is -2.36. The van der Waals surface area contributed by atoms with Crippen LogP contribution in [-0.4, -0.2) is 18.9 Å². The van der Waals surface area contributed by atoms with Crippen LogP contribution in [0, 0.1) is 0 Å². The SMILES string of the molecule is CO/C=C1/C(=O)NC(=O)c2cccc(Br)c21. The van der Waals surface area contributed by atoms with Gasteiger partial charge in [-0.2, -0.15) is 0 Å². The third-order valence-corrected chi connectivity index (χ3v) is 2.90. The highest BCUT2D eigenvalue weighted by molar-refractivity contribution is 9.10. The summed E-state index contributed by atoms with van der Waals surface area (Å²) in [6, 6.07) is 5.17. The minimum Gasteiger partial charge on any atom is -0.504 e. The summed E-state index contributed by atoms with van der Waals surface area (Å²) in [5.74, 6) is -0.846. The van der Waals surface area contributed by atoms with Gasteiger partial charge in [0.2, 0.25) is 0 Å². The van der Waals surface area contributed by atoms with E-state index in [0.717, 1.165) is 0 Å². The molecule has 16 heavy (non-hydrogen) atoms. The van der Waals surface area contributed by atoms with Crippen LogP contribution < -0.4 is 5.32 Å². The van der Waals surface area contributed by atoms with Crippen LogP contribution in [0.5, 0.6) is 0 Å². The summed E-state index contributed by atoms with van der Waals surface area (Å²) in [5, 5.41) is 2.25. The maximum atomic E-state index is 11.6. The normalized spacial score (nSPS) is 17.0. The second-order valence-corrected chi connectivity index (χ2v) is 4.07. The number of hydrogen-bond acceptors (Lipinski definition) is 3. The summed E-state index contributed by atoms with van der Waals surface area (Å²) in [7, 11) is 1.45. The first-order valence-electron chi connectivity index (χ1n) is 4.52. The molecule has 1 aliphatic heterocycles. The Balaban J connectivity index is 2.71. The van der Waals surface area contributed by atoms with Gasteiger partial charge in [0.25, 0.3) is 11.8 Å². The van der Waals surface area contributed by atoms with Gasteiger partial charge >= 0.3 is 0 Å². The summed E-state index contributed by atoms with van der Waals surface area (Å²) in [4.78, 5) is 23.2. The van der Waals surface area contributed by atoms with E-state index in [2.05, 4.69) is 21.2 Å². The largest absolute Gasteiger partial charge is 0.504 e. The number of methoxy groups -OCH3 is 1. The molecule has 1 aliphatic rings. The predicted octanol–water partition coefficient (Wildman–Crippen LogP) is 1.71. The minimum absolute atomic E-state index is 0.338. The Bertz CT molecular complexity index is 508. The number of carbonyl (C=O) groups excluding carboxylic acids is 2. The van der Waals surface area contributed by atoms with Gasteiger partial charge in [-0.3, -0.25) is 14.9 Å². The van der Waals surface area contributed by atoms with Crippen molar-refractivity contribution in [2.24, 2.45) is 0 Å². The smallest absolute Gasteiger partial charge is 0.261 e. The fourth-order valence-corrected chi connectivity index (χ4v) is 2.15. The van der Waals surface area contributed by atoms with Gasteiger partial charge in [0.15, 0.2) is 0 Å². The molecule has 0 bridgehead atoms. The van der Waals surface area contributed by atoms with Crippen molar-refractivity contribution in [3.8, 4) is 0 Å². The van der Waals surface area contributed by atoms with E-state index < -0.39 is 11.8 Å². The molecule has 0 atom stereocenters. The number of fused-ring (bicyclic) bond motifs is 1. The molecule has 4 nitrogen and oxygen atoms in total. The highest BCUT2D eigenvalue weighted by atomic mass is 79.9. The predicted molar refractivity (Wildman–Crippen MR) is 61.6 cm³/mol. The third kappa shape index (κ3) is 1.63. The Morgan fingerprint density at radius 2 is 2.06 bits per heavy atom. The van der Waals surface area contributed by atoms with Crippen molar-refractivity contribution in [2.75, 3.05) is 7.11 Å². The molecule has 1 heterocycles. The van der Waals surface area contributed by atoms with Crippen molar-refractivity contribution in [2.45, 2.75) is 0 Å². The van der Waals surface area contributed by atoms with Crippen LogP contribution in [0.3, 0.4) is 0 Å². The van der Waals surface area contributed by atoms with Crippen molar-refractivity contribution >= 4 is 33.3 Å². The van der Waals surface area contributed by atoms with E-state index in [1.54, 1.807) is 18.2 Å². The molecule has 0 spiro atoms. The molecule has 0 saturated heterocycles. The number of ether oxygens (including phenoxy) is 1. The quantitative estimate of drug-likeness (QED) is 0.484. The van der Waals surface area contributed by atoms with Gasteiger partial charge in [0.05, 0.1) is 18.9 Å².